The highest BCUT2D eigenvalue weighted by Crippen LogP contribution is 2.28. The van der Waals surface area contributed by atoms with Crippen molar-refractivity contribution in [3.8, 4) is 0 Å². The molecule has 3 heterocycles. The van der Waals surface area contributed by atoms with E-state index in [1.165, 1.54) is 7.11 Å². The number of β-amino-alcohol motifs (C(OH)–C–C–N with tert-alkyl or cyclic N) is 2. The van der Waals surface area contributed by atoms with Gasteiger partial charge in [-0.05, 0) is 52.6 Å². The van der Waals surface area contributed by atoms with E-state index in [-0.39, 0.29) is 37.9 Å². The number of anilines is 2. The molecule has 5 unspecified atom stereocenters. The lowest BCUT2D eigenvalue weighted by Crippen LogP contribution is -2.42. The summed E-state index contributed by atoms with van der Waals surface area (Å²) >= 11 is 0. The molecule has 0 saturated carbocycles. The molecule has 2 aliphatic rings. The third-order valence-corrected chi connectivity index (χ3v) is 12.4. The molecule has 2 aromatic carbocycles. The van der Waals surface area contributed by atoms with E-state index in [1.54, 1.807) is 44.9 Å². The van der Waals surface area contributed by atoms with Crippen LogP contribution in [-0.2, 0) is 25.7 Å². The summed E-state index contributed by atoms with van der Waals surface area (Å²) in [4.78, 5) is 44.0. The zero-order chi connectivity index (χ0) is 43.6. The van der Waals surface area contributed by atoms with E-state index in [2.05, 4.69) is 22.2 Å². The number of aliphatic hydroxyl groups is 3. The van der Waals surface area contributed by atoms with Gasteiger partial charge >= 0.3 is 11.9 Å². The van der Waals surface area contributed by atoms with Crippen molar-refractivity contribution in [2.24, 2.45) is 4.99 Å². The number of rotatable bonds is 22. The molecule has 61 heavy (non-hydrogen) atoms. The Morgan fingerprint density at radius 3 is 2.02 bits per heavy atom. The lowest BCUT2D eigenvalue weighted by Gasteiger charge is -2.24. The maximum Gasteiger partial charge on any atom is 0.328 e. The van der Waals surface area contributed by atoms with Gasteiger partial charge in [0.25, 0.3) is 5.91 Å². The second kappa shape index (κ2) is 24.3. The molecule has 2 fully saturated rings. The minimum atomic E-state index is -0.945. The fraction of sp³-hybridized carbons (Fsp3) is 0.356. The number of carboxylic acid groups (broad SMARTS) is 1. The van der Waals surface area contributed by atoms with Gasteiger partial charge < -0.3 is 40.3 Å². The van der Waals surface area contributed by atoms with E-state index in [4.69, 9.17) is 4.74 Å². The molecule has 1 aromatic heterocycles. The van der Waals surface area contributed by atoms with Crippen LogP contribution in [0.4, 0.5) is 11.4 Å². The smallest absolute Gasteiger partial charge is 0.328 e. The Bertz CT molecular complexity index is 2030. The standard InChI is InChI=1S/C45H54N6O8S2/c1-3-32(4-5-33-8-12-36(13-9-33)50-29-38(52)26-40(50)44(56)57)16-19-46-28-42(54)47-20-24-60-61-25-21-48-43(55)31-49-22-17-35(18-23-49)7-6-34-10-14-37(15-11-34)51-30-39(53)27-41(51)45(58)59-2/h3-19,22-23,38-42,47,52-54H,1,20-21,24-31H2,2H3,(H-,48,55,56,57)/p+1/b5-4+,32-16+,46-19?. The number of allylic oxidation sites excluding steroid dienone is 4. The number of carbonyl (C=O) groups excluding carboxylic acids is 2. The minimum Gasteiger partial charge on any atom is -0.480 e. The van der Waals surface area contributed by atoms with Crippen molar-refractivity contribution in [1.29, 1.82) is 0 Å². The Kier molecular flexibility index (Phi) is 18.6. The lowest BCUT2D eigenvalue weighted by molar-refractivity contribution is -0.684. The van der Waals surface area contributed by atoms with Gasteiger partial charge in [0.15, 0.2) is 12.4 Å². The van der Waals surface area contributed by atoms with E-state index in [0.717, 1.165) is 45.1 Å². The zero-order valence-electron chi connectivity index (χ0n) is 34.2. The van der Waals surface area contributed by atoms with Crippen LogP contribution in [0.3, 0.4) is 0 Å². The van der Waals surface area contributed by atoms with Crippen molar-refractivity contribution in [1.82, 2.24) is 10.6 Å². The molecular formula is C45H55N6O8S2+. The summed E-state index contributed by atoms with van der Waals surface area (Å²) in [6, 6.07) is 17.9. The van der Waals surface area contributed by atoms with E-state index in [0.29, 0.717) is 26.1 Å². The number of ether oxygens (including phenoxy) is 1. The number of methoxy groups -OCH3 is 1. The van der Waals surface area contributed by atoms with Crippen LogP contribution in [0.5, 0.6) is 0 Å². The van der Waals surface area contributed by atoms with Crippen LogP contribution in [0.25, 0.3) is 18.2 Å². The Balaban J connectivity index is 0.903. The second-order valence-electron chi connectivity index (χ2n) is 14.5. The number of amides is 1. The van der Waals surface area contributed by atoms with Crippen molar-refractivity contribution in [3.05, 3.63) is 120 Å². The summed E-state index contributed by atoms with van der Waals surface area (Å²) in [5.41, 5.74) is 5.32. The van der Waals surface area contributed by atoms with Gasteiger partial charge in [0, 0.05) is 80.2 Å². The minimum absolute atomic E-state index is 0.0700. The maximum atomic E-state index is 12.5. The Morgan fingerprint density at radius 1 is 0.869 bits per heavy atom. The number of esters is 1. The van der Waals surface area contributed by atoms with Gasteiger partial charge in [0.05, 0.1) is 25.9 Å². The van der Waals surface area contributed by atoms with E-state index >= 15 is 0 Å². The highest BCUT2D eigenvalue weighted by molar-refractivity contribution is 8.76. The number of carbonyl (C=O) groups is 3. The fourth-order valence-corrected chi connectivity index (χ4v) is 8.64. The van der Waals surface area contributed by atoms with Crippen LogP contribution in [0.15, 0.2) is 108 Å². The maximum absolute atomic E-state index is 12.5. The predicted octanol–water partition coefficient (Wildman–Crippen LogP) is 3.58. The number of aliphatic imine (C=N–C) groups is 1. The van der Waals surface area contributed by atoms with Crippen LogP contribution >= 0.6 is 21.6 Å². The third kappa shape index (κ3) is 15.0. The van der Waals surface area contributed by atoms with Gasteiger partial charge in [0.2, 0.25) is 6.54 Å². The van der Waals surface area contributed by atoms with Crippen molar-refractivity contribution in [2.75, 3.05) is 61.1 Å². The molecule has 5 atom stereocenters. The molecule has 16 heteroatoms. The first-order chi connectivity index (χ1) is 29.5. The Labute approximate surface area is 364 Å². The van der Waals surface area contributed by atoms with Crippen LogP contribution in [0.1, 0.15) is 29.5 Å². The van der Waals surface area contributed by atoms with Crippen molar-refractivity contribution < 1.29 is 44.1 Å². The SMILES string of the molecule is C=CC(/C=C/c1ccc(N2CC(O)CC2C(=O)O)cc1)=C\C=NCC(O)NCCSSCCNC(=O)C[n+]1ccc(/C=C/c2ccc(N3CC(O)CC3C(=O)OC)cc2)cc1. The summed E-state index contributed by atoms with van der Waals surface area (Å²) in [6.45, 7) is 6.07. The number of aliphatic hydroxyl groups excluding tert-OH is 3. The van der Waals surface area contributed by atoms with Gasteiger partial charge in [0.1, 0.15) is 18.3 Å². The highest BCUT2D eigenvalue weighted by Gasteiger charge is 2.37. The highest BCUT2D eigenvalue weighted by atomic mass is 33.1. The lowest BCUT2D eigenvalue weighted by atomic mass is 10.1. The Morgan fingerprint density at radius 2 is 1.43 bits per heavy atom. The quantitative estimate of drug-likeness (QED) is 0.0164. The molecule has 0 aliphatic carbocycles. The van der Waals surface area contributed by atoms with Crippen LogP contribution in [-0.4, -0.2) is 126 Å². The first-order valence-electron chi connectivity index (χ1n) is 20.0. The average molecular weight is 872 g/mol. The molecule has 1 amide bonds. The molecule has 0 bridgehead atoms. The molecule has 5 rings (SSSR count). The summed E-state index contributed by atoms with van der Waals surface area (Å²) < 4.78 is 6.73. The second-order valence-corrected chi connectivity index (χ2v) is 17.2. The molecule has 2 saturated heterocycles. The van der Waals surface area contributed by atoms with Crippen LogP contribution in [0.2, 0.25) is 0 Å². The van der Waals surface area contributed by atoms with Gasteiger partial charge in [-0.25, -0.2) is 9.59 Å². The fourth-order valence-electron chi connectivity index (χ4n) is 6.81. The normalized spacial score (nSPS) is 19.9. The van der Waals surface area contributed by atoms with Gasteiger partial charge in [-0.1, -0.05) is 82.8 Å². The molecule has 3 aromatic rings. The number of aromatic nitrogens is 1. The third-order valence-electron chi connectivity index (χ3n) is 9.99. The molecule has 324 valence electrons. The topological polar surface area (TPSA) is 188 Å². The molecule has 0 radical (unpaired) electrons. The molecule has 2 aliphatic heterocycles. The van der Waals surface area contributed by atoms with Gasteiger partial charge in [-0.15, -0.1) is 0 Å². The van der Waals surface area contributed by atoms with Crippen molar-refractivity contribution in [2.45, 2.75) is 49.9 Å². The molecule has 6 N–H and O–H groups in total. The van der Waals surface area contributed by atoms with E-state index in [1.807, 2.05) is 107 Å². The summed E-state index contributed by atoms with van der Waals surface area (Å²) in [5.74, 6) is 0.156. The first kappa shape index (κ1) is 46.8. The predicted molar refractivity (Wildman–Crippen MR) is 244 cm³/mol. The van der Waals surface area contributed by atoms with E-state index in [9.17, 15) is 34.8 Å². The van der Waals surface area contributed by atoms with Crippen molar-refractivity contribution in [3.63, 3.8) is 0 Å². The number of aliphatic carboxylic acids is 1. The first-order valence-corrected chi connectivity index (χ1v) is 22.5. The number of carboxylic acids is 1. The number of nitrogens with zero attached hydrogens (tertiary/aromatic N) is 4. The number of nitrogens with one attached hydrogen (secondary N) is 2. The van der Waals surface area contributed by atoms with Gasteiger partial charge in [-0.3, -0.25) is 15.1 Å². The van der Waals surface area contributed by atoms with Crippen molar-refractivity contribution >= 4 is 75.3 Å². The number of pyridine rings is 1. The molecular weight excluding hydrogens is 817 g/mol. The Hall–Kier alpha value is -5.23. The molecule has 0 spiro atoms. The number of hydrogen-bond donors (Lipinski definition) is 6. The largest absolute Gasteiger partial charge is 0.480 e. The van der Waals surface area contributed by atoms with Gasteiger partial charge in [-0.2, -0.15) is 4.57 Å². The summed E-state index contributed by atoms with van der Waals surface area (Å²) in [6.07, 6.45) is 15.2. The summed E-state index contributed by atoms with van der Waals surface area (Å²) in [7, 11) is 4.67. The van der Waals surface area contributed by atoms with E-state index < -0.39 is 36.5 Å². The van der Waals surface area contributed by atoms with Crippen LogP contribution in [0, 0.1) is 0 Å². The number of benzene rings is 2. The molecule has 14 nitrogen and oxygen atoms in total. The average Bonchev–Trinajstić information content (AvgIpc) is 3.86. The summed E-state index contributed by atoms with van der Waals surface area (Å²) in [5, 5.41) is 45.7. The zero-order valence-corrected chi connectivity index (χ0v) is 35.8. The van der Waals surface area contributed by atoms with Crippen LogP contribution < -0.4 is 25.0 Å². The monoisotopic (exact) mass is 871 g/mol. The number of hydrogen-bond acceptors (Lipinski definition) is 13.